The maximum Gasteiger partial charge on any atom is 0.337 e. The van der Waals surface area contributed by atoms with Gasteiger partial charge < -0.3 is 20.3 Å². The average molecular weight is 591 g/mol. The molecule has 12 heteroatoms. The number of carboxylic acids is 1. The first-order valence-electron chi connectivity index (χ1n) is 12.8. The zero-order valence-electron chi connectivity index (χ0n) is 22.9. The van der Waals surface area contributed by atoms with Crippen molar-refractivity contribution in [3.8, 4) is 0 Å². The minimum absolute atomic E-state index is 0.0408. The number of carbonyl (C=O) groups excluding carboxylic acids is 3. The molecule has 3 N–H and O–H groups in total. The molecule has 2 aromatic rings. The molecule has 2 aromatic carbocycles. The first-order chi connectivity index (χ1) is 19.0. The number of aliphatic hydroxyl groups is 1. The lowest BCUT2D eigenvalue weighted by Gasteiger charge is -2.36. The Balaban J connectivity index is 2.47. The molecule has 40 heavy (non-hydrogen) atoms. The number of carboxylic acid groups (broad SMARTS) is 1. The van der Waals surface area contributed by atoms with E-state index in [2.05, 4.69) is 10.1 Å². The number of benzene rings is 2. The molecule has 0 heterocycles. The number of carbonyl (C=O) groups is 4. The van der Waals surface area contributed by atoms with E-state index in [9.17, 15) is 34.0 Å². The molecule has 0 fully saturated rings. The summed E-state index contributed by atoms with van der Waals surface area (Å²) in [5.41, 5.74) is 0.433. The maximum atomic E-state index is 14.0. The highest BCUT2D eigenvalue weighted by atomic mass is 32.2. The number of hydrogen-bond acceptors (Lipinski definition) is 8. The van der Waals surface area contributed by atoms with E-state index in [0.717, 1.165) is 4.90 Å². The van der Waals surface area contributed by atoms with Crippen molar-refractivity contribution >= 4 is 49.8 Å². The summed E-state index contributed by atoms with van der Waals surface area (Å²) >= 11 is 1.19. The van der Waals surface area contributed by atoms with Crippen LogP contribution in [-0.2, 0) is 18.9 Å². The van der Waals surface area contributed by atoms with E-state index in [1.165, 1.54) is 43.1 Å². The summed E-state index contributed by atoms with van der Waals surface area (Å²) in [6, 6.07) is 12.1. The molecule has 0 bridgehead atoms. The van der Waals surface area contributed by atoms with Crippen LogP contribution in [0.1, 0.15) is 50.4 Å². The van der Waals surface area contributed by atoms with Crippen molar-refractivity contribution < 1.29 is 38.7 Å². The number of aliphatic carboxylic acids is 1. The van der Waals surface area contributed by atoms with E-state index in [-0.39, 0.29) is 35.8 Å². The highest BCUT2D eigenvalue weighted by molar-refractivity contribution is 7.99. The summed E-state index contributed by atoms with van der Waals surface area (Å²) in [7, 11) is 0.505. The van der Waals surface area contributed by atoms with Crippen LogP contribution in [-0.4, -0.2) is 63.2 Å². The molecule has 0 saturated heterocycles. The third-order valence-electron chi connectivity index (χ3n) is 6.09. The lowest BCUT2D eigenvalue weighted by atomic mass is 9.93. The fourth-order valence-corrected chi connectivity index (χ4v) is 5.76. The lowest BCUT2D eigenvalue weighted by molar-refractivity contribution is -0.151. The van der Waals surface area contributed by atoms with Crippen molar-refractivity contribution in [3.05, 3.63) is 60.2 Å². The van der Waals surface area contributed by atoms with E-state index in [0.29, 0.717) is 11.3 Å². The number of rotatable bonds is 14. The van der Waals surface area contributed by atoms with E-state index >= 15 is 0 Å². The number of hydrogen-bond donors (Lipinski definition) is 3. The number of amides is 3. The number of thioether (sulfide) groups is 1. The van der Waals surface area contributed by atoms with Gasteiger partial charge in [0.25, 0.3) is 0 Å². The number of methoxy groups -OCH3 is 1. The molecular formula is C28H35N2O8PS. The third-order valence-corrected chi connectivity index (χ3v) is 8.28. The SMILES string of the molecule is CCCC(C(=O)N(C(=O)Nc1ccc(C(=O)OC)cc1)[C@@H](CC(C)C)C(=O)O)C(O)(CSc1ccccc1)P=O. The third kappa shape index (κ3) is 8.87. The Bertz CT molecular complexity index is 1180. The summed E-state index contributed by atoms with van der Waals surface area (Å²) in [5.74, 6) is -4.59. The minimum atomic E-state index is -2.07. The number of ether oxygens (including phenoxy) is 1. The average Bonchev–Trinajstić information content (AvgIpc) is 2.94. The standard InChI is InChI=1S/C28H35N2O8PS/c1-5-9-22(28(36,39-37)17-40-21-10-7-6-8-11-21)24(31)30(23(25(32)33)16-18(2)3)27(35)29-20-14-12-19(13-15-20)26(34)38-4/h6-8,10-15,18,22-23,36H,5,9,16-17H2,1-4H3,(H,29,35)(H,32,33)/t22?,23-,28?/m0/s1. The molecule has 2 rings (SSSR count). The predicted octanol–water partition coefficient (Wildman–Crippen LogP) is 5.52. The second-order valence-corrected chi connectivity index (χ2v) is 11.6. The fourth-order valence-electron chi connectivity index (χ4n) is 4.06. The summed E-state index contributed by atoms with van der Waals surface area (Å²) < 4.78 is 17.0. The Labute approximate surface area is 239 Å². The van der Waals surface area contributed by atoms with Crippen molar-refractivity contribution in [1.29, 1.82) is 0 Å². The molecular weight excluding hydrogens is 555 g/mol. The number of nitrogens with one attached hydrogen (secondary N) is 1. The zero-order valence-corrected chi connectivity index (χ0v) is 24.6. The van der Waals surface area contributed by atoms with E-state index < -0.39 is 49.6 Å². The molecule has 10 nitrogen and oxygen atoms in total. The first-order valence-corrected chi connectivity index (χ1v) is 14.6. The van der Waals surface area contributed by atoms with Crippen LogP contribution >= 0.6 is 20.2 Å². The van der Waals surface area contributed by atoms with Crippen LogP contribution < -0.4 is 5.32 Å². The highest BCUT2D eigenvalue weighted by Crippen LogP contribution is 2.39. The van der Waals surface area contributed by atoms with Crippen molar-refractivity contribution in [2.45, 2.75) is 56.3 Å². The van der Waals surface area contributed by atoms with Gasteiger partial charge >= 0.3 is 18.0 Å². The zero-order chi connectivity index (χ0) is 29.9. The van der Waals surface area contributed by atoms with E-state index in [1.807, 2.05) is 6.07 Å². The van der Waals surface area contributed by atoms with Gasteiger partial charge in [-0.25, -0.2) is 19.3 Å². The number of esters is 1. The van der Waals surface area contributed by atoms with Gasteiger partial charge in [0.2, 0.25) is 5.91 Å². The second kappa shape index (κ2) is 15.5. The monoisotopic (exact) mass is 590 g/mol. The van der Waals surface area contributed by atoms with E-state index in [1.54, 1.807) is 45.0 Å². The van der Waals surface area contributed by atoms with Crippen LogP contribution in [0, 0.1) is 11.8 Å². The van der Waals surface area contributed by atoms with Crippen LogP contribution in [0.4, 0.5) is 10.5 Å². The summed E-state index contributed by atoms with van der Waals surface area (Å²) in [6.45, 7) is 5.28. The molecule has 0 aliphatic rings. The Hall–Kier alpha value is -3.27. The lowest BCUT2D eigenvalue weighted by Crippen LogP contribution is -2.56. The number of urea groups is 1. The summed E-state index contributed by atoms with van der Waals surface area (Å²) in [5, 5.41) is 22.0. The molecule has 0 aliphatic carbocycles. The quantitative estimate of drug-likeness (QED) is 0.147. The van der Waals surface area contributed by atoms with Crippen LogP contribution in [0.25, 0.3) is 0 Å². The molecule has 0 radical (unpaired) electrons. The molecule has 0 saturated carbocycles. The smallest absolute Gasteiger partial charge is 0.337 e. The van der Waals surface area contributed by atoms with Crippen molar-refractivity contribution in [2.24, 2.45) is 11.8 Å². The minimum Gasteiger partial charge on any atom is -0.480 e. The molecule has 3 atom stereocenters. The Morgan fingerprint density at radius 3 is 2.20 bits per heavy atom. The number of imide groups is 1. The summed E-state index contributed by atoms with van der Waals surface area (Å²) in [4.78, 5) is 53.0. The van der Waals surface area contributed by atoms with Crippen molar-refractivity contribution in [1.82, 2.24) is 4.90 Å². The van der Waals surface area contributed by atoms with Gasteiger partial charge in [-0.1, -0.05) is 45.4 Å². The second-order valence-electron chi connectivity index (χ2n) is 9.60. The summed E-state index contributed by atoms with van der Waals surface area (Å²) in [6.07, 6.45) is 0.420. The van der Waals surface area contributed by atoms with Gasteiger partial charge in [0.05, 0.1) is 18.6 Å². The van der Waals surface area contributed by atoms with Gasteiger partial charge in [-0.3, -0.25) is 9.36 Å². The van der Waals surface area contributed by atoms with Gasteiger partial charge in [-0.2, -0.15) is 0 Å². The molecule has 3 amide bonds. The maximum absolute atomic E-state index is 14.0. The first kappa shape index (κ1) is 32.9. The van der Waals surface area contributed by atoms with Crippen molar-refractivity contribution in [3.63, 3.8) is 0 Å². The molecule has 216 valence electrons. The van der Waals surface area contributed by atoms with Crippen LogP contribution in [0.3, 0.4) is 0 Å². The molecule has 0 aromatic heterocycles. The Morgan fingerprint density at radius 1 is 1.07 bits per heavy atom. The topological polar surface area (TPSA) is 150 Å². The van der Waals surface area contributed by atoms with Gasteiger partial charge in [0.15, 0.2) is 13.8 Å². The van der Waals surface area contributed by atoms with Crippen molar-refractivity contribution in [2.75, 3.05) is 18.2 Å². The highest BCUT2D eigenvalue weighted by Gasteiger charge is 2.48. The van der Waals surface area contributed by atoms with E-state index in [4.69, 9.17) is 0 Å². The number of nitrogens with zero attached hydrogens (tertiary/aromatic N) is 1. The van der Waals surface area contributed by atoms with Gasteiger partial charge in [-0.05, 0) is 55.2 Å². The van der Waals surface area contributed by atoms with Gasteiger partial charge in [0, 0.05) is 16.3 Å². The predicted molar refractivity (Wildman–Crippen MR) is 153 cm³/mol. The van der Waals surface area contributed by atoms with Crippen LogP contribution in [0.2, 0.25) is 0 Å². The Morgan fingerprint density at radius 2 is 1.70 bits per heavy atom. The number of anilines is 1. The Kier molecular flexibility index (Phi) is 12.8. The largest absolute Gasteiger partial charge is 0.480 e. The molecule has 0 spiro atoms. The normalized spacial score (nSPS) is 14.2. The van der Waals surface area contributed by atoms with Crippen LogP contribution in [0.15, 0.2) is 59.5 Å². The molecule has 2 unspecified atom stereocenters. The molecule has 0 aliphatic heterocycles. The van der Waals surface area contributed by atoms with Gasteiger partial charge in [0.1, 0.15) is 6.04 Å². The van der Waals surface area contributed by atoms with Gasteiger partial charge in [-0.15, -0.1) is 11.8 Å². The fraction of sp³-hybridized carbons (Fsp3) is 0.429. The van der Waals surface area contributed by atoms with Crippen LogP contribution in [0.5, 0.6) is 0 Å².